The summed E-state index contributed by atoms with van der Waals surface area (Å²) in [7, 11) is 0. The van der Waals surface area contributed by atoms with Gasteiger partial charge < -0.3 is 20.1 Å². The number of H-pyrrole nitrogens is 1. The number of nitrogens with one attached hydrogen (secondary N) is 2. The van der Waals surface area contributed by atoms with Gasteiger partial charge in [-0.1, -0.05) is 30.8 Å². The van der Waals surface area contributed by atoms with Gasteiger partial charge in [-0.25, -0.2) is 0 Å². The maximum atomic E-state index is 9.62. The van der Waals surface area contributed by atoms with E-state index in [1.807, 2.05) is 11.8 Å². The molecule has 0 spiro atoms. The Kier molecular flexibility index (Phi) is 6.25. The van der Waals surface area contributed by atoms with Gasteiger partial charge in [-0.15, -0.1) is 0 Å². The molecule has 3 N–H and O–H groups in total. The molecule has 1 aromatic carbocycles. The highest BCUT2D eigenvalue weighted by atomic mass is 32.2. The maximum absolute atomic E-state index is 9.62. The Balaban J connectivity index is 1.15. The Hall–Kier alpha value is -1.96. The van der Waals surface area contributed by atoms with Crippen LogP contribution in [-0.2, 0) is 12.8 Å². The van der Waals surface area contributed by atoms with Crippen LogP contribution in [0.5, 0.6) is 5.75 Å². The minimum absolute atomic E-state index is 0.106. The van der Waals surface area contributed by atoms with Gasteiger partial charge in [-0.2, -0.15) is 5.10 Å². The van der Waals surface area contributed by atoms with E-state index in [4.69, 9.17) is 4.74 Å². The summed E-state index contributed by atoms with van der Waals surface area (Å²) in [6, 6.07) is 6.62. The van der Waals surface area contributed by atoms with E-state index >= 15 is 0 Å². The Morgan fingerprint density at radius 3 is 3.00 bits per heavy atom. The lowest BCUT2D eigenvalue weighted by atomic mass is 10.1. The first-order valence-corrected chi connectivity index (χ1v) is 12.4. The average molecular weight is 441 g/mol. The van der Waals surface area contributed by atoms with Gasteiger partial charge >= 0.3 is 0 Å². The zero-order chi connectivity index (χ0) is 21.2. The number of hydrogen-bond acceptors (Lipinski definition) is 6. The van der Waals surface area contributed by atoms with Crippen LogP contribution in [0.15, 0.2) is 34.1 Å². The van der Waals surface area contributed by atoms with Crippen molar-refractivity contribution in [2.75, 3.05) is 31.6 Å². The van der Waals surface area contributed by atoms with Crippen LogP contribution in [0.4, 0.5) is 5.69 Å². The van der Waals surface area contributed by atoms with Crippen LogP contribution in [0.1, 0.15) is 55.6 Å². The SMILES string of the molecule is CCC1=CCc2[nH]nc(C3Cc4ccc(OCCCN5CCC(O)CC5)cc4N3)c2S1. The second-order valence-electron chi connectivity index (χ2n) is 8.74. The van der Waals surface area contributed by atoms with Crippen LogP contribution >= 0.6 is 11.8 Å². The predicted molar refractivity (Wildman–Crippen MR) is 125 cm³/mol. The minimum Gasteiger partial charge on any atom is -0.493 e. The van der Waals surface area contributed by atoms with E-state index in [0.29, 0.717) is 0 Å². The summed E-state index contributed by atoms with van der Waals surface area (Å²) >= 11 is 1.87. The van der Waals surface area contributed by atoms with E-state index in [1.165, 1.54) is 21.1 Å². The summed E-state index contributed by atoms with van der Waals surface area (Å²) in [6.07, 6.45) is 7.99. The lowest BCUT2D eigenvalue weighted by Gasteiger charge is -2.29. The topological polar surface area (TPSA) is 73.4 Å². The van der Waals surface area contributed by atoms with Crippen LogP contribution in [-0.4, -0.2) is 52.5 Å². The number of thioether (sulfide) groups is 1. The molecule has 6 nitrogen and oxygen atoms in total. The van der Waals surface area contributed by atoms with Crippen molar-refractivity contribution in [3.63, 3.8) is 0 Å². The molecule has 1 saturated heterocycles. The molecule has 1 fully saturated rings. The number of aliphatic hydroxyl groups excluding tert-OH is 1. The fourth-order valence-electron chi connectivity index (χ4n) is 4.68. The standard InChI is InChI=1S/C24H32N4O2S/c1-2-19-6-7-20-24(31-19)23(27-26-20)22-14-16-4-5-18(15-21(16)25-22)30-13-3-10-28-11-8-17(29)9-12-28/h4-6,15,17,22,25,29H,2-3,7-14H2,1H3,(H,26,27). The highest BCUT2D eigenvalue weighted by molar-refractivity contribution is 8.03. The molecule has 166 valence electrons. The number of aromatic nitrogens is 2. The molecule has 0 radical (unpaired) electrons. The number of benzene rings is 1. The average Bonchev–Trinajstić information content (AvgIpc) is 3.40. The van der Waals surface area contributed by atoms with E-state index in [2.05, 4.69) is 51.6 Å². The second-order valence-corrected chi connectivity index (χ2v) is 9.88. The molecule has 31 heavy (non-hydrogen) atoms. The van der Waals surface area contributed by atoms with E-state index in [0.717, 1.165) is 81.9 Å². The molecule has 0 bridgehead atoms. The van der Waals surface area contributed by atoms with E-state index in [-0.39, 0.29) is 12.1 Å². The molecule has 1 unspecified atom stereocenters. The molecule has 4 heterocycles. The van der Waals surface area contributed by atoms with Gasteiger partial charge in [0, 0.05) is 44.2 Å². The number of aromatic amines is 1. The van der Waals surface area contributed by atoms with Gasteiger partial charge in [0.25, 0.3) is 0 Å². The summed E-state index contributed by atoms with van der Waals surface area (Å²) in [6.45, 7) is 5.96. The lowest BCUT2D eigenvalue weighted by Crippen LogP contribution is -2.36. The lowest BCUT2D eigenvalue weighted by molar-refractivity contribution is 0.0800. The van der Waals surface area contributed by atoms with Crippen molar-refractivity contribution in [3.8, 4) is 5.75 Å². The molecule has 0 aliphatic carbocycles. The van der Waals surface area contributed by atoms with Gasteiger partial charge in [0.15, 0.2) is 0 Å². The van der Waals surface area contributed by atoms with Gasteiger partial charge in [0.1, 0.15) is 5.75 Å². The zero-order valence-electron chi connectivity index (χ0n) is 18.2. The largest absolute Gasteiger partial charge is 0.493 e. The summed E-state index contributed by atoms with van der Waals surface area (Å²) in [5, 5.41) is 21.2. The number of anilines is 1. The molecule has 3 aliphatic rings. The van der Waals surface area contributed by atoms with Crippen molar-refractivity contribution in [2.45, 2.75) is 62.5 Å². The fraction of sp³-hybridized carbons (Fsp3) is 0.542. The molecule has 3 aliphatic heterocycles. The number of fused-ring (bicyclic) bond motifs is 2. The Bertz CT molecular complexity index is 949. The summed E-state index contributed by atoms with van der Waals surface area (Å²) in [5.74, 6) is 0.926. The number of piperidine rings is 1. The van der Waals surface area contributed by atoms with Crippen LogP contribution < -0.4 is 10.1 Å². The highest BCUT2D eigenvalue weighted by Gasteiger charge is 2.29. The van der Waals surface area contributed by atoms with Gasteiger partial charge in [-0.05, 0) is 42.2 Å². The smallest absolute Gasteiger partial charge is 0.121 e. The normalized spacial score (nSPS) is 21.4. The number of likely N-dealkylation sites (tertiary alicyclic amines) is 1. The van der Waals surface area contributed by atoms with Crippen molar-refractivity contribution in [1.29, 1.82) is 0 Å². The third-order valence-electron chi connectivity index (χ3n) is 6.54. The highest BCUT2D eigenvalue weighted by Crippen LogP contribution is 2.43. The zero-order valence-corrected chi connectivity index (χ0v) is 19.0. The van der Waals surface area contributed by atoms with Crippen molar-refractivity contribution < 1.29 is 9.84 Å². The summed E-state index contributed by atoms with van der Waals surface area (Å²) in [5.41, 5.74) is 4.87. The van der Waals surface area contributed by atoms with Gasteiger partial charge in [-0.3, -0.25) is 5.10 Å². The molecule has 7 heteroatoms. The van der Waals surface area contributed by atoms with Crippen molar-refractivity contribution in [1.82, 2.24) is 15.1 Å². The van der Waals surface area contributed by atoms with Crippen molar-refractivity contribution in [3.05, 3.63) is 46.1 Å². The van der Waals surface area contributed by atoms with Crippen molar-refractivity contribution in [2.24, 2.45) is 0 Å². The first kappa shape index (κ1) is 20.9. The first-order valence-electron chi connectivity index (χ1n) is 11.6. The molecule has 1 aromatic heterocycles. The molecular weight excluding hydrogens is 408 g/mol. The predicted octanol–water partition coefficient (Wildman–Crippen LogP) is 4.29. The Morgan fingerprint density at radius 2 is 2.16 bits per heavy atom. The number of rotatable bonds is 7. The molecule has 0 amide bonds. The first-order chi connectivity index (χ1) is 15.2. The van der Waals surface area contributed by atoms with E-state index < -0.39 is 0 Å². The number of allylic oxidation sites excluding steroid dienone is 2. The summed E-state index contributed by atoms with van der Waals surface area (Å²) in [4.78, 5) is 5.17. The second kappa shape index (κ2) is 9.27. The molecule has 0 saturated carbocycles. The molecular formula is C24H32N4O2S. The van der Waals surface area contributed by atoms with Crippen LogP contribution in [0, 0.1) is 0 Å². The van der Waals surface area contributed by atoms with Crippen molar-refractivity contribution >= 4 is 17.4 Å². The minimum atomic E-state index is -0.106. The Morgan fingerprint density at radius 1 is 1.29 bits per heavy atom. The van der Waals surface area contributed by atoms with Crippen LogP contribution in [0.2, 0.25) is 0 Å². The van der Waals surface area contributed by atoms with E-state index in [9.17, 15) is 5.11 Å². The third-order valence-corrected chi connectivity index (χ3v) is 7.92. The summed E-state index contributed by atoms with van der Waals surface area (Å²) < 4.78 is 6.04. The van der Waals surface area contributed by atoms with Crippen LogP contribution in [0.25, 0.3) is 0 Å². The number of ether oxygens (including phenoxy) is 1. The van der Waals surface area contributed by atoms with E-state index in [1.54, 1.807) is 0 Å². The molecule has 2 aromatic rings. The Labute approximate surface area is 188 Å². The quantitative estimate of drug-likeness (QED) is 0.558. The third kappa shape index (κ3) is 4.64. The number of hydrogen-bond donors (Lipinski definition) is 3. The molecule has 5 rings (SSSR count). The number of nitrogens with zero attached hydrogens (tertiary/aromatic N) is 2. The molecule has 1 atom stereocenters. The number of aliphatic hydroxyl groups is 1. The fourth-order valence-corrected chi connectivity index (χ4v) is 5.80. The van der Waals surface area contributed by atoms with Crippen LogP contribution in [0.3, 0.4) is 0 Å². The maximum Gasteiger partial charge on any atom is 0.121 e. The monoisotopic (exact) mass is 440 g/mol. The van der Waals surface area contributed by atoms with Gasteiger partial charge in [0.05, 0.1) is 35.0 Å². The van der Waals surface area contributed by atoms with Gasteiger partial charge in [0.2, 0.25) is 0 Å².